The van der Waals surface area contributed by atoms with Gasteiger partial charge < -0.3 is 20.3 Å². The van der Waals surface area contributed by atoms with Gasteiger partial charge in [-0.3, -0.25) is 0 Å². The molecule has 0 bridgehead atoms. The van der Waals surface area contributed by atoms with Gasteiger partial charge in [0.1, 0.15) is 11.5 Å². The van der Waals surface area contributed by atoms with Gasteiger partial charge in [0.15, 0.2) is 0 Å². The van der Waals surface area contributed by atoms with Crippen LogP contribution in [0.5, 0.6) is 11.5 Å². The summed E-state index contributed by atoms with van der Waals surface area (Å²) in [5.41, 5.74) is 6.74. The van der Waals surface area contributed by atoms with Crippen LogP contribution in [0.4, 0.5) is 0 Å². The molecule has 0 heterocycles. The second-order valence-electron chi connectivity index (χ2n) is 3.19. The summed E-state index contributed by atoms with van der Waals surface area (Å²) in [6.45, 7) is 0.0440. The summed E-state index contributed by atoms with van der Waals surface area (Å²) in [6, 6.07) is 5.22. The van der Waals surface area contributed by atoms with Gasteiger partial charge in [-0.1, -0.05) is 6.07 Å². The first-order valence-electron chi connectivity index (χ1n) is 4.82. The number of aliphatic hydroxyl groups is 1. The van der Waals surface area contributed by atoms with Crippen molar-refractivity contribution in [2.75, 3.05) is 20.8 Å². The van der Waals surface area contributed by atoms with Crippen LogP contribution in [-0.4, -0.2) is 25.9 Å². The highest BCUT2D eigenvalue weighted by molar-refractivity contribution is 5.46. The molecular weight excluding hydrogens is 194 g/mol. The number of hydrogen-bond donors (Lipinski definition) is 2. The fourth-order valence-corrected chi connectivity index (χ4v) is 1.53. The zero-order chi connectivity index (χ0) is 11.3. The second kappa shape index (κ2) is 5.58. The van der Waals surface area contributed by atoms with Crippen LogP contribution in [-0.2, 0) is 0 Å². The summed E-state index contributed by atoms with van der Waals surface area (Å²) in [4.78, 5) is 0. The Morgan fingerprint density at radius 3 is 2.20 bits per heavy atom. The van der Waals surface area contributed by atoms with Crippen molar-refractivity contribution in [2.45, 2.75) is 12.5 Å². The Hall–Kier alpha value is -1.26. The largest absolute Gasteiger partial charge is 0.496 e. The Bertz CT molecular complexity index is 292. The van der Waals surface area contributed by atoms with Crippen LogP contribution in [0.3, 0.4) is 0 Å². The molecule has 1 rings (SSSR count). The van der Waals surface area contributed by atoms with E-state index in [9.17, 15) is 0 Å². The van der Waals surface area contributed by atoms with Crippen molar-refractivity contribution >= 4 is 0 Å². The molecule has 1 aromatic rings. The lowest BCUT2D eigenvalue weighted by Gasteiger charge is -2.17. The normalized spacial score (nSPS) is 12.3. The Morgan fingerprint density at radius 2 is 1.80 bits per heavy atom. The molecule has 0 amide bonds. The van der Waals surface area contributed by atoms with E-state index in [-0.39, 0.29) is 12.6 Å². The average Bonchev–Trinajstić information content (AvgIpc) is 2.28. The lowest BCUT2D eigenvalue weighted by molar-refractivity contribution is 0.273. The smallest absolute Gasteiger partial charge is 0.127 e. The highest BCUT2D eigenvalue weighted by Crippen LogP contribution is 2.33. The van der Waals surface area contributed by atoms with Crippen molar-refractivity contribution in [3.05, 3.63) is 23.8 Å². The SMILES string of the molecule is COc1cccc(OC)c1[C@@H](N)CCO. The summed E-state index contributed by atoms with van der Waals surface area (Å²) in [6.07, 6.45) is 0.483. The second-order valence-corrected chi connectivity index (χ2v) is 3.19. The van der Waals surface area contributed by atoms with Crippen LogP contribution in [0, 0.1) is 0 Å². The first-order chi connectivity index (χ1) is 7.24. The van der Waals surface area contributed by atoms with E-state index >= 15 is 0 Å². The Morgan fingerprint density at radius 1 is 1.27 bits per heavy atom. The molecule has 0 unspecified atom stereocenters. The number of ether oxygens (including phenoxy) is 2. The molecule has 4 nitrogen and oxygen atoms in total. The van der Waals surface area contributed by atoms with Crippen molar-refractivity contribution in [3.8, 4) is 11.5 Å². The molecule has 4 heteroatoms. The van der Waals surface area contributed by atoms with Crippen molar-refractivity contribution < 1.29 is 14.6 Å². The predicted octanol–water partition coefficient (Wildman–Crippen LogP) is 1.09. The quantitative estimate of drug-likeness (QED) is 0.765. The van der Waals surface area contributed by atoms with Crippen molar-refractivity contribution in [1.29, 1.82) is 0 Å². The molecule has 3 N–H and O–H groups in total. The monoisotopic (exact) mass is 211 g/mol. The van der Waals surface area contributed by atoms with Gasteiger partial charge in [0, 0.05) is 12.6 Å². The molecule has 0 aromatic heterocycles. The van der Waals surface area contributed by atoms with Crippen LogP contribution >= 0.6 is 0 Å². The third kappa shape index (κ3) is 2.61. The van der Waals surface area contributed by atoms with Crippen molar-refractivity contribution in [1.82, 2.24) is 0 Å². The first kappa shape index (κ1) is 11.8. The maximum Gasteiger partial charge on any atom is 0.127 e. The third-order valence-corrected chi connectivity index (χ3v) is 2.28. The van der Waals surface area contributed by atoms with Gasteiger partial charge >= 0.3 is 0 Å². The highest BCUT2D eigenvalue weighted by Gasteiger charge is 2.16. The molecule has 0 aliphatic carbocycles. The molecule has 84 valence electrons. The van der Waals surface area contributed by atoms with E-state index in [4.69, 9.17) is 20.3 Å². The fourth-order valence-electron chi connectivity index (χ4n) is 1.53. The van der Waals surface area contributed by atoms with Gasteiger partial charge in [0.2, 0.25) is 0 Å². The van der Waals surface area contributed by atoms with E-state index in [1.807, 2.05) is 18.2 Å². The van der Waals surface area contributed by atoms with Gasteiger partial charge in [-0.2, -0.15) is 0 Å². The zero-order valence-corrected chi connectivity index (χ0v) is 9.06. The summed E-state index contributed by atoms with van der Waals surface area (Å²) in [7, 11) is 3.17. The molecular formula is C11H17NO3. The highest BCUT2D eigenvalue weighted by atomic mass is 16.5. The molecule has 0 spiro atoms. The molecule has 0 radical (unpaired) electrons. The minimum Gasteiger partial charge on any atom is -0.496 e. The topological polar surface area (TPSA) is 64.7 Å². The summed E-state index contributed by atoms with van der Waals surface area (Å²) < 4.78 is 10.4. The zero-order valence-electron chi connectivity index (χ0n) is 9.06. The first-order valence-corrected chi connectivity index (χ1v) is 4.82. The van der Waals surface area contributed by atoms with E-state index in [1.54, 1.807) is 14.2 Å². The molecule has 0 fully saturated rings. The summed E-state index contributed by atoms with van der Waals surface area (Å²) in [5, 5.41) is 8.86. The van der Waals surface area contributed by atoms with Crippen LogP contribution in [0.1, 0.15) is 18.0 Å². The molecule has 0 saturated heterocycles. The van der Waals surface area contributed by atoms with Crippen LogP contribution < -0.4 is 15.2 Å². The van der Waals surface area contributed by atoms with E-state index in [2.05, 4.69) is 0 Å². The lowest BCUT2D eigenvalue weighted by atomic mass is 10.0. The minimum absolute atomic E-state index is 0.0440. The van der Waals surface area contributed by atoms with E-state index in [0.29, 0.717) is 17.9 Å². The Labute approximate surface area is 89.6 Å². The number of methoxy groups -OCH3 is 2. The fraction of sp³-hybridized carbons (Fsp3) is 0.455. The lowest BCUT2D eigenvalue weighted by Crippen LogP contribution is -2.14. The third-order valence-electron chi connectivity index (χ3n) is 2.28. The summed E-state index contributed by atoms with van der Waals surface area (Å²) in [5.74, 6) is 1.38. The van der Waals surface area contributed by atoms with Crippen LogP contribution in [0.15, 0.2) is 18.2 Å². The van der Waals surface area contributed by atoms with Gasteiger partial charge in [0.25, 0.3) is 0 Å². The molecule has 1 atom stereocenters. The van der Waals surface area contributed by atoms with E-state index in [1.165, 1.54) is 0 Å². The standard InChI is InChI=1S/C11H17NO3/c1-14-9-4-3-5-10(15-2)11(9)8(12)6-7-13/h3-5,8,13H,6-7,12H2,1-2H3/t8-/m0/s1. The van der Waals surface area contributed by atoms with Gasteiger partial charge in [0.05, 0.1) is 19.8 Å². The van der Waals surface area contributed by atoms with Crippen molar-refractivity contribution in [3.63, 3.8) is 0 Å². The Kier molecular flexibility index (Phi) is 4.39. The molecule has 0 aliphatic rings. The summed E-state index contributed by atoms with van der Waals surface area (Å²) >= 11 is 0. The number of aliphatic hydroxyl groups excluding tert-OH is 1. The minimum atomic E-state index is -0.277. The number of hydrogen-bond acceptors (Lipinski definition) is 4. The van der Waals surface area contributed by atoms with Gasteiger partial charge in [-0.25, -0.2) is 0 Å². The molecule has 0 saturated carbocycles. The van der Waals surface area contributed by atoms with Gasteiger partial charge in [-0.05, 0) is 18.6 Å². The molecule has 0 aliphatic heterocycles. The van der Waals surface area contributed by atoms with Crippen LogP contribution in [0.2, 0.25) is 0 Å². The maximum absolute atomic E-state index is 8.86. The number of nitrogens with two attached hydrogens (primary N) is 1. The van der Waals surface area contributed by atoms with E-state index < -0.39 is 0 Å². The molecule has 1 aromatic carbocycles. The van der Waals surface area contributed by atoms with Gasteiger partial charge in [-0.15, -0.1) is 0 Å². The number of benzene rings is 1. The Balaban J connectivity index is 3.09. The predicted molar refractivity (Wildman–Crippen MR) is 58.2 cm³/mol. The van der Waals surface area contributed by atoms with E-state index in [0.717, 1.165) is 5.56 Å². The maximum atomic E-state index is 8.86. The van der Waals surface area contributed by atoms with Crippen molar-refractivity contribution in [2.24, 2.45) is 5.73 Å². The average molecular weight is 211 g/mol. The molecule has 15 heavy (non-hydrogen) atoms. The number of rotatable bonds is 5. The van der Waals surface area contributed by atoms with Crippen LogP contribution in [0.25, 0.3) is 0 Å².